The van der Waals surface area contributed by atoms with Crippen LogP contribution in [0.1, 0.15) is 11.1 Å². The number of aliphatic hydroxyl groups is 1. The van der Waals surface area contributed by atoms with Crippen LogP contribution in [-0.4, -0.2) is 12.2 Å². The number of benzene rings is 1. The minimum Gasteiger partial charge on any atom is -0.472 e. The molecular weight excluding hydrogens is 221 g/mol. The summed E-state index contributed by atoms with van der Waals surface area (Å²) in [7, 11) is 1.89. The molecule has 0 aliphatic carbocycles. The molecule has 3 nitrogen and oxygen atoms in total. The van der Waals surface area contributed by atoms with E-state index < -0.39 is 0 Å². The molecule has 1 N–H and O–H groups in total. The summed E-state index contributed by atoms with van der Waals surface area (Å²) < 4.78 is 18.0. The molecule has 0 saturated heterocycles. The molecule has 0 bridgehead atoms. The topological polar surface area (TPSA) is 36.6 Å². The summed E-state index contributed by atoms with van der Waals surface area (Å²) in [5.41, 5.74) is 2.42. The standard InChI is InChI=1S/C13H14FNO2/c1-15(7-10-4-5-17-9-10)13-3-2-12(14)6-11(13)8-16/h2-6,9,16H,7-8H2,1H3. The molecule has 1 aromatic carbocycles. The van der Waals surface area contributed by atoms with Crippen LogP contribution in [0.4, 0.5) is 10.1 Å². The van der Waals surface area contributed by atoms with Gasteiger partial charge in [-0.05, 0) is 24.3 Å². The molecule has 0 amide bonds. The van der Waals surface area contributed by atoms with Gasteiger partial charge in [-0.15, -0.1) is 0 Å². The van der Waals surface area contributed by atoms with Gasteiger partial charge in [0.1, 0.15) is 5.82 Å². The van der Waals surface area contributed by atoms with E-state index in [1.54, 1.807) is 18.6 Å². The van der Waals surface area contributed by atoms with Crippen molar-refractivity contribution in [3.8, 4) is 0 Å². The molecule has 1 heterocycles. The third-order valence-corrected chi connectivity index (χ3v) is 2.62. The maximum absolute atomic E-state index is 13.0. The summed E-state index contributed by atoms with van der Waals surface area (Å²) in [6, 6.07) is 6.28. The van der Waals surface area contributed by atoms with Crippen molar-refractivity contribution in [2.24, 2.45) is 0 Å². The average molecular weight is 235 g/mol. The van der Waals surface area contributed by atoms with Gasteiger partial charge >= 0.3 is 0 Å². The lowest BCUT2D eigenvalue weighted by Gasteiger charge is -2.21. The number of hydrogen-bond donors (Lipinski definition) is 1. The van der Waals surface area contributed by atoms with E-state index >= 15 is 0 Å². The lowest BCUT2D eigenvalue weighted by Crippen LogP contribution is -2.17. The molecule has 0 fully saturated rings. The first-order valence-electron chi connectivity index (χ1n) is 5.32. The molecule has 0 aliphatic heterocycles. The van der Waals surface area contributed by atoms with Gasteiger partial charge in [0, 0.05) is 30.4 Å². The summed E-state index contributed by atoms with van der Waals surface area (Å²) in [5, 5.41) is 9.21. The lowest BCUT2D eigenvalue weighted by molar-refractivity contribution is 0.281. The Morgan fingerprint density at radius 1 is 1.35 bits per heavy atom. The van der Waals surface area contributed by atoms with E-state index in [1.807, 2.05) is 18.0 Å². The Morgan fingerprint density at radius 3 is 2.82 bits per heavy atom. The Morgan fingerprint density at radius 2 is 2.18 bits per heavy atom. The second kappa shape index (κ2) is 5.01. The minimum atomic E-state index is -0.338. The largest absolute Gasteiger partial charge is 0.472 e. The smallest absolute Gasteiger partial charge is 0.123 e. The van der Waals surface area contributed by atoms with Crippen molar-refractivity contribution in [3.05, 3.63) is 53.7 Å². The summed E-state index contributed by atoms with van der Waals surface area (Å²) in [6.45, 7) is 0.470. The zero-order valence-electron chi connectivity index (χ0n) is 9.56. The first kappa shape index (κ1) is 11.7. The molecule has 17 heavy (non-hydrogen) atoms. The summed E-state index contributed by atoms with van der Waals surface area (Å²) in [6.07, 6.45) is 3.28. The number of nitrogens with zero attached hydrogens (tertiary/aromatic N) is 1. The van der Waals surface area contributed by atoms with E-state index in [2.05, 4.69) is 0 Å². The van der Waals surface area contributed by atoms with Crippen LogP contribution in [0, 0.1) is 5.82 Å². The molecule has 0 atom stereocenters. The highest BCUT2D eigenvalue weighted by molar-refractivity contribution is 5.53. The quantitative estimate of drug-likeness (QED) is 0.884. The van der Waals surface area contributed by atoms with Gasteiger partial charge in [0.05, 0.1) is 19.1 Å². The third-order valence-electron chi connectivity index (χ3n) is 2.62. The molecule has 0 unspecified atom stereocenters. The maximum Gasteiger partial charge on any atom is 0.123 e. The van der Waals surface area contributed by atoms with Crippen molar-refractivity contribution in [1.29, 1.82) is 0 Å². The van der Waals surface area contributed by atoms with Crippen LogP contribution in [0.3, 0.4) is 0 Å². The van der Waals surface area contributed by atoms with E-state index in [4.69, 9.17) is 4.42 Å². The van der Waals surface area contributed by atoms with Gasteiger partial charge in [-0.25, -0.2) is 4.39 Å². The van der Waals surface area contributed by atoms with E-state index in [1.165, 1.54) is 12.1 Å². The Labute approximate surface area is 99.1 Å². The van der Waals surface area contributed by atoms with Crippen molar-refractivity contribution in [3.63, 3.8) is 0 Å². The zero-order chi connectivity index (χ0) is 12.3. The molecule has 1 aromatic heterocycles. The molecule has 4 heteroatoms. The van der Waals surface area contributed by atoms with Crippen LogP contribution in [0.2, 0.25) is 0 Å². The SMILES string of the molecule is CN(Cc1ccoc1)c1ccc(F)cc1CO. The van der Waals surface area contributed by atoms with E-state index in [0.29, 0.717) is 12.1 Å². The van der Waals surface area contributed by atoms with Crippen molar-refractivity contribution in [1.82, 2.24) is 0 Å². The van der Waals surface area contributed by atoms with Gasteiger partial charge in [-0.1, -0.05) is 0 Å². The molecule has 2 rings (SSSR count). The Kier molecular flexibility index (Phi) is 3.44. The van der Waals surface area contributed by atoms with Crippen LogP contribution in [0.25, 0.3) is 0 Å². The van der Waals surface area contributed by atoms with Crippen molar-refractivity contribution in [2.45, 2.75) is 13.2 Å². The highest BCUT2D eigenvalue weighted by Crippen LogP contribution is 2.22. The predicted molar refractivity (Wildman–Crippen MR) is 63.1 cm³/mol. The van der Waals surface area contributed by atoms with E-state index in [0.717, 1.165) is 11.3 Å². The number of rotatable bonds is 4. The molecule has 0 radical (unpaired) electrons. The van der Waals surface area contributed by atoms with Gasteiger partial charge in [0.15, 0.2) is 0 Å². The van der Waals surface area contributed by atoms with Gasteiger partial charge in [0.25, 0.3) is 0 Å². The number of furan rings is 1. The van der Waals surface area contributed by atoms with Crippen molar-refractivity contribution < 1.29 is 13.9 Å². The van der Waals surface area contributed by atoms with Crippen molar-refractivity contribution >= 4 is 5.69 Å². The predicted octanol–water partition coefficient (Wildman–Crippen LogP) is 2.55. The van der Waals surface area contributed by atoms with Crippen LogP contribution in [0.5, 0.6) is 0 Å². The van der Waals surface area contributed by atoms with Crippen molar-refractivity contribution in [2.75, 3.05) is 11.9 Å². The fraction of sp³-hybridized carbons (Fsp3) is 0.231. The molecule has 0 saturated carbocycles. The summed E-state index contributed by atoms with van der Waals surface area (Å²) in [5.74, 6) is -0.338. The molecular formula is C13H14FNO2. The Balaban J connectivity index is 2.21. The first-order valence-corrected chi connectivity index (χ1v) is 5.32. The normalized spacial score (nSPS) is 10.5. The fourth-order valence-electron chi connectivity index (χ4n) is 1.79. The van der Waals surface area contributed by atoms with E-state index in [9.17, 15) is 9.50 Å². The maximum atomic E-state index is 13.0. The molecule has 2 aromatic rings. The van der Waals surface area contributed by atoms with Crippen LogP contribution in [-0.2, 0) is 13.2 Å². The van der Waals surface area contributed by atoms with Gasteiger partial charge < -0.3 is 14.4 Å². The number of anilines is 1. The second-order valence-electron chi connectivity index (χ2n) is 3.92. The first-order chi connectivity index (χ1) is 8.20. The molecule has 0 spiro atoms. The fourth-order valence-corrected chi connectivity index (χ4v) is 1.79. The number of hydrogen-bond acceptors (Lipinski definition) is 3. The highest BCUT2D eigenvalue weighted by atomic mass is 19.1. The highest BCUT2D eigenvalue weighted by Gasteiger charge is 2.09. The molecule has 0 aliphatic rings. The van der Waals surface area contributed by atoms with Gasteiger partial charge in [-0.3, -0.25) is 0 Å². The number of halogens is 1. The average Bonchev–Trinajstić information content (AvgIpc) is 2.81. The Bertz CT molecular complexity index is 482. The lowest BCUT2D eigenvalue weighted by atomic mass is 10.1. The van der Waals surface area contributed by atoms with E-state index in [-0.39, 0.29) is 12.4 Å². The minimum absolute atomic E-state index is 0.178. The Hall–Kier alpha value is -1.81. The van der Waals surface area contributed by atoms with Crippen LogP contribution < -0.4 is 4.90 Å². The van der Waals surface area contributed by atoms with Gasteiger partial charge in [0.2, 0.25) is 0 Å². The summed E-state index contributed by atoms with van der Waals surface area (Å²) >= 11 is 0. The summed E-state index contributed by atoms with van der Waals surface area (Å²) in [4.78, 5) is 1.94. The molecule has 90 valence electrons. The second-order valence-corrected chi connectivity index (χ2v) is 3.92. The third kappa shape index (κ3) is 2.65. The van der Waals surface area contributed by atoms with Gasteiger partial charge in [-0.2, -0.15) is 0 Å². The number of aliphatic hydroxyl groups excluding tert-OH is 1. The van der Waals surface area contributed by atoms with Crippen LogP contribution >= 0.6 is 0 Å². The van der Waals surface area contributed by atoms with Crippen LogP contribution in [0.15, 0.2) is 41.2 Å². The monoisotopic (exact) mass is 235 g/mol. The zero-order valence-corrected chi connectivity index (χ0v) is 9.56.